The van der Waals surface area contributed by atoms with E-state index in [0.717, 1.165) is 28.6 Å². The average Bonchev–Trinajstić information content (AvgIpc) is 2.60. The third-order valence-corrected chi connectivity index (χ3v) is 3.43. The van der Waals surface area contributed by atoms with Gasteiger partial charge in [-0.05, 0) is 37.1 Å². The van der Waals surface area contributed by atoms with Gasteiger partial charge in [-0.25, -0.2) is 4.79 Å². The van der Waals surface area contributed by atoms with Crippen molar-refractivity contribution in [2.24, 2.45) is 0 Å². The Morgan fingerprint density at radius 3 is 2.94 bits per heavy atom. The molecule has 1 fully saturated rings. The maximum Gasteiger partial charge on any atom is 0.414 e. The minimum Gasteiger partial charge on any atom is -0.444 e. The van der Waals surface area contributed by atoms with Gasteiger partial charge in [-0.1, -0.05) is 29.3 Å². The Balaban J connectivity index is 2.20. The molecule has 0 aliphatic carbocycles. The van der Waals surface area contributed by atoms with E-state index in [0.29, 0.717) is 6.54 Å². The fourth-order valence-electron chi connectivity index (χ4n) is 2.11. The number of hydrogen-bond acceptors (Lipinski definition) is 2. The van der Waals surface area contributed by atoms with Gasteiger partial charge in [0.25, 0.3) is 0 Å². The second-order valence-electron chi connectivity index (χ2n) is 4.34. The summed E-state index contributed by atoms with van der Waals surface area (Å²) in [5, 5.41) is 0. The summed E-state index contributed by atoms with van der Waals surface area (Å²) in [5.41, 5.74) is 2.02. The van der Waals surface area contributed by atoms with Crippen LogP contribution in [0.4, 0.5) is 10.5 Å². The monoisotopic (exact) mass is 297 g/mol. The van der Waals surface area contributed by atoms with Crippen LogP contribution < -0.4 is 4.90 Å². The van der Waals surface area contributed by atoms with Crippen LogP contribution in [0.25, 0.3) is 0 Å². The molecular weight excluding hydrogens is 282 g/mol. The predicted octanol–water partition coefficient (Wildman–Crippen LogP) is 3.88. The zero-order chi connectivity index (χ0) is 12.4. The Morgan fingerprint density at radius 2 is 2.29 bits per heavy atom. The number of halogens is 1. The third kappa shape index (κ3) is 2.63. The van der Waals surface area contributed by atoms with Crippen molar-refractivity contribution in [1.82, 2.24) is 0 Å². The molecule has 1 atom stereocenters. The lowest BCUT2D eigenvalue weighted by molar-refractivity contribution is 0.136. The van der Waals surface area contributed by atoms with Crippen LogP contribution in [0.2, 0.25) is 0 Å². The van der Waals surface area contributed by atoms with Crippen molar-refractivity contribution in [1.29, 1.82) is 0 Å². The molecule has 0 aromatic heterocycles. The van der Waals surface area contributed by atoms with Crippen LogP contribution in [0.15, 0.2) is 22.7 Å². The van der Waals surface area contributed by atoms with Crippen LogP contribution in [0.5, 0.6) is 0 Å². The van der Waals surface area contributed by atoms with Crippen molar-refractivity contribution in [3.63, 3.8) is 0 Å². The van der Waals surface area contributed by atoms with E-state index < -0.39 is 0 Å². The molecule has 1 aromatic rings. The van der Waals surface area contributed by atoms with Gasteiger partial charge in [-0.3, -0.25) is 4.90 Å². The van der Waals surface area contributed by atoms with E-state index >= 15 is 0 Å². The van der Waals surface area contributed by atoms with E-state index in [2.05, 4.69) is 22.9 Å². The van der Waals surface area contributed by atoms with E-state index in [9.17, 15) is 4.79 Å². The number of aryl methyl sites for hydroxylation is 1. The van der Waals surface area contributed by atoms with Gasteiger partial charge in [-0.15, -0.1) is 0 Å². The molecule has 0 saturated carbocycles. The fraction of sp³-hybridized carbons (Fsp3) is 0.462. The zero-order valence-corrected chi connectivity index (χ0v) is 11.7. The highest BCUT2D eigenvalue weighted by Crippen LogP contribution is 2.28. The van der Waals surface area contributed by atoms with Gasteiger partial charge in [-0.2, -0.15) is 0 Å². The third-order valence-electron chi connectivity index (χ3n) is 2.93. The summed E-state index contributed by atoms with van der Waals surface area (Å²) >= 11 is 3.42. The highest BCUT2D eigenvalue weighted by Gasteiger charge is 2.32. The zero-order valence-electron chi connectivity index (χ0n) is 10.1. The van der Waals surface area contributed by atoms with Gasteiger partial charge in [0.05, 0.1) is 12.2 Å². The Morgan fingerprint density at radius 1 is 1.53 bits per heavy atom. The van der Waals surface area contributed by atoms with Crippen molar-refractivity contribution in [2.45, 2.75) is 32.8 Å². The van der Waals surface area contributed by atoms with Crippen LogP contribution in [-0.4, -0.2) is 18.7 Å². The number of ether oxygens (including phenoxy) is 1. The Hall–Kier alpha value is -1.03. The van der Waals surface area contributed by atoms with Crippen LogP contribution in [0.3, 0.4) is 0 Å². The minimum absolute atomic E-state index is 0.0375. The first kappa shape index (κ1) is 12.4. The smallest absolute Gasteiger partial charge is 0.414 e. The van der Waals surface area contributed by atoms with E-state index in [-0.39, 0.29) is 12.2 Å². The molecular formula is C13H16BrNO2. The van der Waals surface area contributed by atoms with Crippen LogP contribution in [-0.2, 0) is 4.74 Å². The highest BCUT2D eigenvalue weighted by molar-refractivity contribution is 9.10. The maximum absolute atomic E-state index is 11.8. The van der Waals surface area contributed by atoms with Crippen LogP contribution in [0.1, 0.15) is 25.3 Å². The van der Waals surface area contributed by atoms with E-state index in [1.165, 1.54) is 0 Å². The summed E-state index contributed by atoms with van der Waals surface area (Å²) in [4.78, 5) is 13.5. The van der Waals surface area contributed by atoms with Crippen molar-refractivity contribution >= 4 is 27.7 Å². The molecule has 0 bridgehead atoms. The largest absolute Gasteiger partial charge is 0.444 e. The first-order valence-corrected chi connectivity index (χ1v) is 6.65. The van der Waals surface area contributed by atoms with Crippen molar-refractivity contribution < 1.29 is 9.53 Å². The standard InChI is InChI=1S/C13H16BrNO2/c1-3-4-11-8-15(13(16)17-11)12-6-5-10(14)7-9(12)2/h5-7,11H,3-4,8H2,1-2H3. The maximum atomic E-state index is 11.8. The molecule has 4 heteroatoms. The first-order chi connectivity index (χ1) is 8.11. The second-order valence-corrected chi connectivity index (χ2v) is 5.25. The number of amides is 1. The number of carbonyl (C=O) groups excluding carboxylic acids is 1. The molecule has 3 nitrogen and oxygen atoms in total. The molecule has 1 heterocycles. The lowest BCUT2D eigenvalue weighted by Crippen LogP contribution is -2.25. The molecule has 1 unspecified atom stereocenters. The Bertz CT molecular complexity index is 433. The second kappa shape index (κ2) is 5.08. The summed E-state index contributed by atoms with van der Waals surface area (Å²) in [5.74, 6) is 0. The lowest BCUT2D eigenvalue weighted by Gasteiger charge is -2.15. The lowest BCUT2D eigenvalue weighted by atomic mass is 10.1. The Labute approximate surface area is 110 Å². The summed E-state index contributed by atoms with van der Waals surface area (Å²) in [6.07, 6.45) is 1.77. The van der Waals surface area contributed by atoms with Gasteiger partial charge < -0.3 is 4.74 Å². The summed E-state index contributed by atoms with van der Waals surface area (Å²) < 4.78 is 6.35. The van der Waals surface area contributed by atoms with Gasteiger partial charge in [0.2, 0.25) is 0 Å². The van der Waals surface area contributed by atoms with Crippen molar-refractivity contribution in [2.75, 3.05) is 11.4 Å². The molecule has 0 N–H and O–H groups in total. The van der Waals surface area contributed by atoms with E-state index in [4.69, 9.17) is 4.74 Å². The average molecular weight is 298 g/mol. The van der Waals surface area contributed by atoms with Gasteiger partial charge >= 0.3 is 6.09 Å². The summed E-state index contributed by atoms with van der Waals surface area (Å²) in [6, 6.07) is 5.91. The van der Waals surface area contributed by atoms with Gasteiger partial charge in [0.15, 0.2) is 0 Å². The van der Waals surface area contributed by atoms with Crippen LogP contribution >= 0.6 is 15.9 Å². The van der Waals surface area contributed by atoms with Crippen LogP contribution in [0, 0.1) is 6.92 Å². The first-order valence-electron chi connectivity index (χ1n) is 5.86. The molecule has 1 aromatic carbocycles. The molecule has 0 radical (unpaired) electrons. The number of hydrogen-bond donors (Lipinski definition) is 0. The Kier molecular flexibility index (Phi) is 3.72. The summed E-state index contributed by atoms with van der Waals surface area (Å²) in [7, 11) is 0. The molecule has 17 heavy (non-hydrogen) atoms. The fourth-order valence-corrected chi connectivity index (χ4v) is 2.59. The number of benzene rings is 1. The number of cyclic esters (lactones) is 1. The SMILES string of the molecule is CCCC1CN(c2ccc(Br)cc2C)C(=O)O1. The normalized spacial score (nSPS) is 19.6. The van der Waals surface area contributed by atoms with Gasteiger partial charge in [0, 0.05) is 4.47 Å². The minimum atomic E-state index is -0.228. The van der Waals surface area contributed by atoms with E-state index in [1.54, 1.807) is 4.90 Å². The number of nitrogens with zero attached hydrogens (tertiary/aromatic N) is 1. The molecule has 1 amide bonds. The van der Waals surface area contributed by atoms with Gasteiger partial charge in [0.1, 0.15) is 6.10 Å². The van der Waals surface area contributed by atoms with Crippen molar-refractivity contribution in [3.8, 4) is 0 Å². The predicted molar refractivity (Wildman–Crippen MR) is 71.4 cm³/mol. The summed E-state index contributed by atoms with van der Waals surface area (Å²) in [6.45, 7) is 4.76. The van der Waals surface area contributed by atoms with E-state index in [1.807, 2.05) is 25.1 Å². The molecule has 1 saturated heterocycles. The van der Waals surface area contributed by atoms with Crippen molar-refractivity contribution in [3.05, 3.63) is 28.2 Å². The molecule has 1 aliphatic rings. The number of rotatable bonds is 3. The highest BCUT2D eigenvalue weighted by atomic mass is 79.9. The molecule has 92 valence electrons. The quantitative estimate of drug-likeness (QED) is 0.847. The molecule has 2 rings (SSSR count). The number of carbonyl (C=O) groups is 1. The molecule has 0 spiro atoms. The number of anilines is 1. The molecule has 1 aliphatic heterocycles. The topological polar surface area (TPSA) is 29.5 Å².